The van der Waals surface area contributed by atoms with Gasteiger partial charge in [0, 0.05) is 18.8 Å². The van der Waals surface area contributed by atoms with Crippen molar-refractivity contribution in [3.63, 3.8) is 0 Å². The van der Waals surface area contributed by atoms with Crippen LogP contribution in [0.3, 0.4) is 0 Å². The van der Waals surface area contributed by atoms with Gasteiger partial charge in [-0.1, -0.05) is 12.1 Å². The van der Waals surface area contributed by atoms with Crippen molar-refractivity contribution >= 4 is 28.8 Å². The molecule has 2 aromatic carbocycles. The van der Waals surface area contributed by atoms with Gasteiger partial charge >= 0.3 is 0 Å². The molecule has 1 aliphatic heterocycles. The van der Waals surface area contributed by atoms with Crippen molar-refractivity contribution < 1.29 is 23.8 Å². The fraction of sp³-hybridized carbons (Fsp3) is 0.250. The standard InChI is InChI=1S/C24H24N2O5S/c1-29-19-9-8-18(21(30-2)22(19)31-3)23(27)25-17-7-6-15-10-11-26(14-16(15)13-17)24(28)20-5-4-12-32-20/h4-9,12-13H,10-11,14H2,1-3H3,(H,25,27). The van der Waals surface area contributed by atoms with E-state index in [0.29, 0.717) is 41.6 Å². The molecule has 8 heteroatoms. The lowest BCUT2D eigenvalue weighted by Crippen LogP contribution is -2.35. The second kappa shape index (κ2) is 9.32. The number of fused-ring (bicyclic) bond motifs is 1. The van der Waals surface area contributed by atoms with Gasteiger partial charge in [-0.05, 0) is 53.3 Å². The van der Waals surface area contributed by atoms with Crippen LogP contribution in [0.25, 0.3) is 0 Å². The van der Waals surface area contributed by atoms with Gasteiger partial charge in [0.1, 0.15) is 0 Å². The highest BCUT2D eigenvalue weighted by molar-refractivity contribution is 7.12. The minimum absolute atomic E-state index is 0.0372. The average molecular weight is 453 g/mol. The topological polar surface area (TPSA) is 77.1 Å². The summed E-state index contributed by atoms with van der Waals surface area (Å²) in [6, 6.07) is 12.8. The summed E-state index contributed by atoms with van der Waals surface area (Å²) in [5, 5.41) is 4.83. The summed E-state index contributed by atoms with van der Waals surface area (Å²) < 4.78 is 16.1. The zero-order valence-corrected chi connectivity index (χ0v) is 19.0. The Morgan fingerprint density at radius 1 is 0.969 bits per heavy atom. The third-order valence-corrected chi connectivity index (χ3v) is 6.30. The number of nitrogens with zero attached hydrogens (tertiary/aromatic N) is 1. The minimum atomic E-state index is -0.329. The van der Waals surface area contributed by atoms with Gasteiger partial charge in [-0.3, -0.25) is 9.59 Å². The Balaban J connectivity index is 1.55. The van der Waals surface area contributed by atoms with Crippen LogP contribution in [0, 0.1) is 0 Å². The van der Waals surface area contributed by atoms with Gasteiger partial charge in [0.2, 0.25) is 5.75 Å². The van der Waals surface area contributed by atoms with Gasteiger partial charge in [0.15, 0.2) is 11.5 Å². The van der Waals surface area contributed by atoms with Crippen molar-refractivity contribution in [1.82, 2.24) is 4.90 Å². The molecule has 0 aliphatic carbocycles. The summed E-state index contributed by atoms with van der Waals surface area (Å²) >= 11 is 1.44. The van der Waals surface area contributed by atoms with Crippen LogP contribution in [0.5, 0.6) is 17.2 Å². The molecule has 0 saturated carbocycles. The highest BCUT2D eigenvalue weighted by atomic mass is 32.1. The Morgan fingerprint density at radius 3 is 2.47 bits per heavy atom. The van der Waals surface area contributed by atoms with E-state index in [9.17, 15) is 9.59 Å². The number of carbonyl (C=O) groups is 2. The summed E-state index contributed by atoms with van der Waals surface area (Å²) in [4.78, 5) is 28.3. The molecule has 0 saturated heterocycles. The number of rotatable bonds is 6. The molecule has 2 amide bonds. The van der Waals surface area contributed by atoms with Crippen LogP contribution in [0.4, 0.5) is 5.69 Å². The van der Waals surface area contributed by atoms with Crippen LogP contribution in [-0.4, -0.2) is 44.6 Å². The van der Waals surface area contributed by atoms with Crippen molar-refractivity contribution in [2.24, 2.45) is 0 Å². The van der Waals surface area contributed by atoms with E-state index in [2.05, 4.69) is 5.32 Å². The van der Waals surface area contributed by atoms with Crippen molar-refractivity contribution in [3.8, 4) is 17.2 Å². The molecule has 0 unspecified atom stereocenters. The second-order valence-corrected chi connectivity index (χ2v) is 8.22. The number of nitrogens with one attached hydrogen (secondary N) is 1. The molecular weight excluding hydrogens is 428 g/mol. The first-order valence-corrected chi connectivity index (χ1v) is 11.0. The van der Waals surface area contributed by atoms with Crippen molar-refractivity contribution in [2.45, 2.75) is 13.0 Å². The zero-order valence-electron chi connectivity index (χ0n) is 18.1. The first-order chi connectivity index (χ1) is 15.5. The van der Waals surface area contributed by atoms with Crippen LogP contribution >= 0.6 is 11.3 Å². The number of carbonyl (C=O) groups excluding carboxylic acids is 2. The molecule has 1 N–H and O–H groups in total. The quantitative estimate of drug-likeness (QED) is 0.606. The summed E-state index contributed by atoms with van der Waals surface area (Å²) in [5.74, 6) is 0.844. The van der Waals surface area contributed by atoms with E-state index in [1.165, 1.54) is 38.2 Å². The number of anilines is 1. The van der Waals surface area contributed by atoms with Gasteiger partial charge in [0.05, 0.1) is 31.8 Å². The number of benzene rings is 2. The Hall–Kier alpha value is -3.52. The molecule has 32 heavy (non-hydrogen) atoms. The first kappa shape index (κ1) is 21.7. The Labute approximate surface area is 190 Å². The molecule has 4 rings (SSSR count). The number of ether oxygens (including phenoxy) is 3. The molecule has 0 fully saturated rings. The molecule has 2 heterocycles. The first-order valence-electron chi connectivity index (χ1n) is 10.1. The molecule has 0 bridgehead atoms. The van der Waals surface area contributed by atoms with Gasteiger partial charge < -0.3 is 24.4 Å². The molecule has 0 spiro atoms. The SMILES string of the molecule is COc1ccc(C(=O)Nc2ccc3c(c2)CN(C(=O)c2cccs2)CC3)c(OC)c1OC. The van der Waals surface area contributed by atoms with E-state index in [4.69, 9.17) is 14.2 Å². The molecule has 166 valence electrons. The van der Waals surface area contributed by atoms with Gasteiger partial charge in [-0.15, -0.1) is 11.3 Å². The lowest BCUT2D eigenvalue weighted by Gasteiger charge is -2.29. The molecule has 0 atom stereocenters. The summed E-state index contributed by atoms with van der Waals surface area (Å²) in [7, 11) is 4.50. The highest BCUT2D eigenvalue weighted by Crippen LogP contribution is 2.40. The number of thiophene rings is 1. The lowest BCUT2D eigenvalue weighted by atomic mass is 9.98. The van der Waals surface area contributed by atoms with Crippen LogP contribution in [0.1, 0.15) is 31.2 Å². The molecule has 0 radical (unpaired) electrons. The van der Waals surface area contributed by atoms with Crippen LogP contribution < -0.4 is 19.5 Å². The predicted octanol–water partition coefficient (Wildman–Crippen LogP) is 4.22. The van der Waals surface area contributed by atoms with E-state index >= 15 is 0 Å². The number of amides is 2. The molecule has 1 aliphatic rings. The Bertz CT molecular complexity index is 1140. The summed E-state index contributed by atoms with van der Waals surface area (Å²) in [5.41, 5.74) is 3.19. The molecule has 7 nitrogen and oxygen atoms in total. The summed E-state index contributed by atoms with van der Waals surface area (Å²) in [6.07, 6.45) is 0.782. The monoisotopic (exact) mass is 452 g/mol. The largest absolute Gasteiger partial charge is 0.493 e. The van der Waals surface area contributed by atoms with E-state index in [-0.39, 0.29) is 11.8 Å². The van der Waals surface area contributed by atoms with E-state index in [1.807, 2.05) is 40.6 Å². The zero-order chi connectivity index (χ0) is 22.7. The van der Waals surface area contributed by atoms with Crippen LogP contribution in [0.2, 0.25) is 0 Å². The fourth-order valence-corrected chi connectivity index (χ4v) is 4.53. The van der Waals surface area contributed by atoms with Crippen molar-refractivity contribution in [1.29, 1.82) is 0 Å². The number of hydrogen-bond acceptors (Lipinski definition) is 6. The van der Waals surface area contributed by atoms with Gasteiger partial charge in [-0.2, -0.15) is 0 Å². The minimum Gasteiger partial charge on any atom is -0.493 e. The number of methoxy groups -OCH3 is 3. The van der Waals surface area contributed by atoms with Gasteiger partial charge in [0.25, 0.3) is 11.8 Å². The highest BCUT2D eigenvalue weighted by Gasteiger charge is 2.24. The lowest BCUT2D eigenvalue weighted by molar-refractivity contribution is 0.0739. The average Bonchev–Trinajstić information content (AvgIpc) is 3.36. The maximum Gasteiger partial charge on any atom is 0.264 e. The molecular formula is C24H24N2O5S. The maximum atomic E-state index is 13.0. The molecule has 3 aromatic rings. The van der Waals surface area contributed by atoms with Crippen molar-refractivity contribution in [3.05, 3.63) is 69.4 Å². The Morgan fingerprint density at radius 2 is 1.78 bits per heavy atom. The van der Waals surface area contributed by atoms with Crippen molar-refractivity contribution in [2.75, 3.05) is 33.2 Å². The van der Waals surface area contributed by atoms with E-state index < -0.39 is 0 Å². The normalized spacial score (nSPS) is 12.7. The second-order valence-electron chi connectivity index (χ2n) is 7.27. The number of hydrogen-bond donors (Lipinski definition) is 1. The van der Waals surface area contributed by atoms with Crippen LogP contribution in [0.15, 0.2) is 47.8 Å². The third kappa shape index (κ3) is 4.13. The Kier molecular flexibility index (Phi) is 6.32. The summed E-state index contributed by atoms with van der Waals surface area (Å²) in [6.45, 7) is 1.19. The van der Waals surface area contributed by atoms with Gasteiger partial charge in [-0.25, -0.2) is 0 Å². The fourth-order valence-electron chi connectivity index (χ4n) is 3.84. The maximum absolute atomic E-state index is 13.0. The smallest absolute Gasteiger partial charge is 0.264 e. The van der Waals surface area contributed by atoms with E-state index in [1.54, 1.807) is 12.1 Å². The van der Waals surface area contributed by atoms with Crippen LogP contribution in [-0.2, 0) is 13.0 Å². The van der Waals surface area contributed by atoms with E-state index in [0.717, 1.165) is 16.9 Å². The molecule has 1 aromatic heterocycles. The predicted molar refractivity (Wildman–Crippen MR) is 123 cm³/mol. The third-order valence-electron chi connectivity index (χ3n) is 5.44.